The van der Waals surface area contributed by atoms with Crippen LogP contribution in [0.1, 0.15) is 19.8 Å². The van der Waals surface area contributed by atoms with E-state index in [1.165, 1.54) is 0 Å². The molecule has 4 nitrogen and oxygen atoms in total. The molecule has 0 aromatic carbocycles. The number of hydrogen-bond acceptors (Lipinski definition) is 3. The molecule has 0 aliphatic carbocycles. The number of halogens is 3. The Balaban J connectivity index is 2.52. The van der Waals surface area contributed by atoms with Crippen LogP contribution in [0.15, 0.2) is 0 Å². The van der Waals surface area contributed by atoms with E-state index in [4.69, 9.17) is 34.8 Å². The Morgan fingerprint density at radius 2 is 1.88 bits per heavy atom. The van der Waals surface area contributed by atoms with E-state index in [2.05, 4.69) is 21.9 Å². The van der Waals surface area contributed by atoms with Gasteiger partial charge in [-0.15, -0.1) is 0 Å². The van der Waals surface area contributed by atoms with Crippen molar-refractivity contribution in [2.45, 2.75) is 26.3 Å². The first-order valence-corrected chi connectivity index (χ1v) is 6.01. The third-order valence-corrected chi connectivity index (χ3v) is 3.04. The minimum atomic E-state index is 0.133. The topological polar surface area (TPSA) is 43.6 Å². The molecule has 0 saturated carbocycles. The number of fused-ring (bicyclic) bond motifs is 1. The molecule has 2 aliphatic heterocycles. The number of nitrogens with zero attached hydrogens (tertiary/aromatic N) is 4. The molecule has 0 radical (unpaired) electrons. The molecule has 0 N–H and O–H groups in total. The summed E-state index contributed by atoms with van der Waals surface area (Å²) in [6.45, 7) is 2.80. The fourth-order valence-corrected chi connectivity index (χ4v) is 2.14. The van der Waals surface area contributed by atoms with Crippen LogP contribution in [0.25, 0.3) is 11.5 Å². The lowest BCUT2D eigenvalue weighted by Gasteiger charge is -2.12. The standard InChI is InChI=1S/C9H9Cl3N4/c1-2-3-4-16-6(10)5-7(15-9(16)12)14-8(11)13-5/h2-4H2,1H3. The van der Waals surface area contributed by atoms with E-state index >= 15 is 0 Å². The highest BCUT2D eigenvalue weighted by Gasteiger charge is 2.20. The molecule has 0 unspecified atom stereocenters. The third kappa shape index (κ3) is 2.10. The van der Waals surface area contributed by atoms with Gasteiger partial charge in [0.25, 0.3) is 0 Å². The number of hydrogen-bond donors (Lipinski definition) is 0. The van der Waals surface area contributed by atoms with E-state index in [1.807, 2.05) is 0 Å². The highest BCUT2D eigenvalue weighted by Crippen LogP contribution is 2.30. The van der Waals surface area contributed by atoms with Crippen molar-refractivity contribution < 1.29 is 0 Å². The van der Waals surface area contributed by atoms with E-state index in [-0.39, 0.29) is 5.28 Å². The van der Waals surface area contributed by atoms with Crippen LogP contribution in [0.3, 0.4) is 0 Å². The van der Waals surface area contributed by atoms with Crippen LogP contribution in [-0.4, -0.2) is 19.5 Å². The van der Waals surface area contributed by atoms with Crippen LogP contribution in [0.5, 0.6) is 0 Å². The molecule has 0 aromatic rings. The second-order valence-electron chi connectivity index (χ2n) is 3.34. The van der Waals surface area contributed by atoms with E-state index in [0.717, 1.165) is 12.8 Å². The maximum atomic E-state index is 6.17. The predicted molar refractivity (Wildman–Crippen MR) is 64.4 cm³/mol. The molecular weight excluding hydrogens is 270 g/mol. The van der Waals surface area contributed by atoms with Gasteiger partial charge in [0.05, 0.1) is 0 Å². The molecule has 0 bridgehead atoms. The molecule has 0 amide bonds. The Kier molecular flexibility index (Phi) is 3.52. The molecule has 2 rings (SSSR count). The maximum Gasteiger partial charge on any atom is 0.225 e. The molecular formula is C9H9Cl3N4. The first-order valence-electron chi connectivity index (χ1n) is 4.88. The van der Waals surface area contributed by atoms with Crippen LogP contribution >= 0.6 is 34.8 Å². The molecule has 0 saturated heterocycles. The van der Waals surface area contributed by atoms with Crippen molar-refractivity contribution in [1.82, 2.24) is 19.5 Å². The summed E-state index contributed by atoms with van der Waals surface area (Å²) < 4.78 is 1.71. The van der Waals surface area contributed by atoms with Crippen molar-refractivity contribution in [2.24, 2.45) is 0 Å². The van der Waals surface area contributed by atoms with Crippen LogP contribution in [0.2, 0.25) is 15.7 Å². The predicted octanol–water partition coefficient (Wildman–Crippen LogP) is 3.54. The summed E-state index contributed by atoms with van der Waals surface area (Å²) >= 11 is 17.9. The molecule has 2 heterocycles. The normalized spacial score (nSPS) is 11.2. The number of aromatic nitrogens is 4. The Hall–Kier alpha value is -0.580. The fourth-order valence-electron chi connectivity index (χ4n) is 1.39. The molecule has 86 valence electrons. The average Bonchev–Trinajstić information content (AvgIpc) is 2.59. The number of rotatable bonds is 3. The maximum absolute atomic E-state index is 6.17. The summed E-state index contributed by atoms with van der Waals surface area (Å²) in [5.74, 6) is 0.382. The minimum absolute atomic E-state index is 0.133. The molecule has 0 spiro atoms. The van der Waals surface area contributed by atoms with E-state index < -0.39 is 0 Å². The molecule has 0 fully saturated rings. The first kappa shape index (κ1) is 11.9. The lowest BCUT2D eigenvalue weighted by molar-refractivity contribution is 0.620. The van der Waals surface area contributed by atoms with E-state index in [1.54, 1.807) is 4.57 Å². The van der Waals surface area contributed by atoms with Gasteiger partial charge in [-0.3, -0.25) is 0 Å². The van der Waals surface area contributed by atoms with Crippen LogP contribution in [0, 0.1) is 0 Å². The number of imidazole rings is 1. The Morgan fingerprint density at radius 3 is 2.56 bits per heavy atom. The van der Waals surface area contributed by atoms with Crippen LogP contribution < -0.4 is 0 Å². The zero-order chi connectivity index (χ0) is 11.7. The van der Waals surface area contributed by atoms with Gasteiger partial charge in [0, 0.05) is 6.54 Å². The third-order valence-electron chi connectivity index (χ3n) is 2.20. The van der Waals surface area contributed by atoms with Crippen molar-refractivity contribution in [3.8, 4) is 11.5 Å². The smallest absolute Gasteiger partial charge is 0.225 e. The van der Waals surface area contributed by atoms with Crippen molar-refractivity contribution in [1.29, 1.82) is 0 Å². The first-order chi connectivity index (χ1) is 7.63. The van der Waals surface area contributed by atoms with E-state index in [0.29, 0.717) is 28.5 Å². The van der Waals surface area contributed by atoms with Gasteiger partial charge in [-0.2, -0.15) is 9.97 Å². The van der Waals surface area contributed by atoms with Gasteiger partial charge >= 0.3 is 0 Å². The van der Waals surface area contributed by atoms with Gasteiger partial charge in [0.1, 0.15) is 10.8 Å². The van der Waals surface area contributed by atoms with Crippen molar-refractivity contribution in [3.05, 3.63) is 15.7 Å². The molecule has 0 aromatic heterocycles. The average molecular weight is 280 g/mol. The minimum Gasteiger partial charge on any atom is -0.305 e. The summed E-state index contributed by atoms with van der Waals surface area (Å²) in [7, 11) is 0. The van der Waals surface area contributed by atoms with Gasteiger partial charge in [0.15, 0.2) is 5.82 Å². The van der Waals surface area contributed by atoms with Gasteiger partial charge in [-0.05, 0) is 29.6 Å². The largest absolute Gasteiger partial charge is 0.305 e. The summed E-state index contributed by atoms with van der Waals surface area (Å²) in [5.41, 5.74) is 0.493. The second kappa shape index (κ2) is 4.73. The summed E-state index contributed by atoms with van der Waals surface area (Å²) in [6.07, 6.45) is 2.02. The highest BCUT2D eigenvalue weighted by molar-refractivity contribution is 6.34. The monoisotopic (exact) mass is 278 g/mol. The van der Waals surface area contributed by atoms with Crippen molar-refractivity contribution in [2.75, 3.05) is 0 Å². The Morgan fingerprint density at radius 1 is 1.12 bits per heavy atom. The van der Waals surface area contributed by atoms with Gasteiger partial charge in [-0.25, -0.2) is 4.98 Å². The summed E-state index contributed by atoms with van der Waals surface area (Å²) in [6, 6.07) is 0. The molecule has 0 atom stereocenters. The SMILES string of the molecule is CCCCn1c(Cl)nc2nc(Cl)nc-2c1Cl. The summed E-state index contributed by atoms with van der Waals surface area (Å²) in [4.78, 5) is 12.0. The van der Waals surface area contributed by atoms with Crippen LogP contribution in [-0.2, 0) is 6.54 Å². The Bertz CT molecular complexity index is 482. The van der Waals surface area contributed by atoms with E-state index in [9.17, 15) is 0 Å². The van der Waals surface area contributed by atoms with Crippen molar-refractivity contribution in [3.63, 3.8) is 0 Å². The molecule has 2 aliphatic rings. The van der Waals surface area contributed by atoms with Crippen LogP contribution in [0.4, 0.5) is 0 Å². The lowest BCUT2D eigenvalue weighted by Crippen LogP contribution is -2.07. The quantitative estimate of drug-likeness (QED) is 0.490. The summed E-state index contributed by atoms with van der Waals surface area (Å²) in [5, 5.41) is 0.874. The van der Waals surface area contributed by atoms with Gasteiger partial charge < -0.3 is 4.57 Å². The highest BCUT2D eigenvalue weighted by atomic mass is 35.5. The fraction of sp³-hybridized carbons (Fsp3) is 0.444. The molecule has 7 heteroatoms. The lowest BCUT2D eigenvalue weighted by atomic mass is 10.3. The molecule has 16 heavy (non-hydrogen) atoms. The Labute approximate surface area is 108 Å². The van der Waals surface area contributed by atoms with Gasteiger partial charge in [0.2, 0.25) is 10.6 Å². The zero-order valence-electron chi connectivity index (χ0n) is 8.54. The zero-order valence-corrected chi connectivity index (χ0v) is 10.8. The van der Waals surface area contributed by atoms with Crippen molar-refractivity contribution >= 4 is 34.8 Å². The van der Waals surface area contributed by atoms with Gasteiger partial charge in [-0.1, -0.05) is 24.9 Å². The second-order valence-corrected chi connectivity index (χ2v) is 4.38. The number of unbranched alkanes of at least 4 members (excludes halogenated alkanes) is 1.